The summed E-state index contributed by atoms with van der Waals surface area (Å²) in [5.41, 5.74) is 0. The predicted octanol–water partition coefficient (Wildman–Crippen LogP) is 22.0. The van der Waals surface area contributed by atoms with E-state index in [1.54, 1.807) is 0 Å². The molecular weight excluding hydrogens is 1250 g/mol. The van der Waals surface area contributed by atoms with Gasteiger partial charge in [-0.2, -0.15) is 0 Å². The molecule has 5 atom stereocenters. The second-order valence-electron chi connectivity index (χ2n) is 29.3. The van der Waals surface area contributed by atoms with Crippen molar-refractivity contribution in [2.24, 2.45) is 23.7 Å². The molecule has 564 valence electrons. The molecule has 0 aromatic rings. The van der Waals surface area contributed by atoms with Crippen LogP contribution in [-0.2, 0) is 65.4 Å². The monoisotopic (exact) mass is 1400 g/mol. The average molecular weight is 1400 g/mol. The molecule has 0 fully saturated rings. The van der Waals surface area contributed by atoms with Crippen molar-refractivity contribution in [2.45, 2.75) is 401 Å². The summed E-state index contributed by atoms with van der Waals surface area (Å²) in [5.74, 6) is 0.865. The Kier molecular flexibility index (Phi) is 64.0. The van der Waals surface area contributed by atoms with E-state index in [4.69, 9.17) is 37.0 Å². The Hall–Kier alpha value is -1.94. The lowest BCUT2D eigenvalue weighted by Crippen LogP contribution is -2.30. The topological polar surface area (TPSA) is 237 Å². The first-order valence-electron chi connectivity index (χ1n) is 39.2. The standard InChI is InChI=1S/C76H148O17P2/c1-66(2)52-44-36-28-23-19-15-11-9-10-12-17-21-25-31-42-50-58-75(80)92-71(62-86-73(78)56-48-40-33-27-30-38-46-54-68(5)6)64-90-94(82,83)88-60-70(77)61-89-95(84,85)91-65-72(63-87-74(79)57-49-41-35-34-39-47-55-69(7)8)93-76(81)59-51-43-32-26-22-18-14-13-16-20-24-29-37-45-53-67(3)4/h66-72,77H,9-65H2,1-8H3,(H,82,83)(H,84,85)/t70?,71-,72-/m1/s1. The van der Waals surface area contributed by atoms with E-state index < -0.39 is 97.5 Å². The van der Waals surface area contributed by atoms with Gasteiger partial charge in [0.25, 0.3) is 0 Å². The van der Waals surface area contributed by atoms with Gasteiger partial charge in [0, 0.05) is 25.7 Å². The number of aliphatic hydroxyl groups excluding tert-OH is 1. The van der Waals surface area contributed by atoms with Gasteiger partial charge >= 0.3 is 39.5 Å². The van der Waals surface area contributed by atoms with Crippen LogP contribution in [0.5, 0.6) is 0 Å². The average Bonchev–Trinajstić information content (AvgIpc) is 1.77. The number of aliphatic hydroxyl groups is 1. The van der Waals surface area contributed by atoms with Crippen molar-refractivity contribution in [1.82, 2.24) is 0 Å². The molecule has 0 radical (unpaired) electrons. The third-order valence-corrected chi connectivity index (χ3v) is 19.5. The third-order valence-electron chi connectivity index (χ3n) is 17.6. The van der Waals surface area contributed by atoms with Crippen molar-refractivity contribution in [2.75, 3.05) is 39.6 Å². The van der Waals surface area contributed by atoms with E-state index in [1.807, 2.05) is 0 Å². The first kappa shape index (κ1) is 93.1. The maximum absolute atomic E-state index is 13.1. The summed E-state index contributed by atoms with van der Waals surface area (Å²) in [4.78, 5) is 72.7. The largest absolute Gasteiger partial charge is 0.472 e. The van der Waals surface area contributed by atoms with Crippen LogP contribution in [0.25, 0.3) is 0 Å². The first-order chi connectivity index (χ1) is 45.6. The number of esters is 4. The SMILES string of the molecule is CC(C)CCCCCCCCCCCCCCCCCCC(=O)O[C@H](COC(=O)CCCCCCCCCC(C)C)COP(=O)(O)OCC(O)COP(=O)(O)OC[C@@H](COC(=O)CCCCCCCCC(C)C)OC(=O)CCCCCCCCCCCCCCCCC(C)C. The van der Waals surface area contributed by atoms with E-state index in [1.165, 1.54) is 173 Å². The molecule has 0 aromatic carbocycles. The lowest BCUT2D eigenvalue weighted by molar-refractivity contribution is -0.161. The molecule has 0 amide bonds. The molecule has 3 N–H and O–H groups in total. The van der Waals surface area contributed by atoms with Gasteiger partial charge in [0.05, 0.1) is 26.4 Å². The van der Waals surface area contributed by atoms with Crippen molar-refractivity contribution < 1.29 is 80.2 Å². The van der Waals surface area contributed by atoms with Gasteiger partial charge in [-0.3, -0.25) is 37.3 Å². The van der Waals surface area contributed by atoms with Gasteiger partial charge in [0.1, 0.15) is 19.3 Å². The van der Waals surface area contributed by atoms with E-state index in [0.29, 0.717) is 37.5 Å². The van der Waals surface area contributed by atoms with Crippen LogP contribution in [0.3, 0.4) is 0 Å². The molecule has 3 unspecified atom stereocenters. The second kappa shape index (κ2) is 65.4. The van der Waals surface area contributed by atoms with Crippen LogP contribution in [0.15, 0.2) is 0 Å². The van der Waals surface area contributed by atoms with Gasteiger partial charge in [-0.15, -0.1) is 0 Å². The minimum atomic E-state index is -4.96. The van der Waals surface area contributed by atoms with Crippen LogP contribution in [0.4, 0.5) is 0 Å². The molecule has 95 heavy (non-hydrogen) atoms. The highest BCUT2D eigenvalue weighted by molar-refractivity contribution is 7.47. The van der Waals surface area contributed by atoms with Crippen molar-refractivity contribution >= 4 is 39.5 Å². The molecule has 19 heteroatoms. The smallest absolute Gasteiger partial charge is 0.462 e. The molecule has 0 rings (SSSR count). The number of unbranched alkanes of at least 4 members (excludes halogenated alkanes) is 39. The molecular formula is C76H148O17P2. The summed E-state index contributed by atoms with van der Waals surface area (Å²) < 4.78 is 68.5. The predicted molar refractivity (Wildman–Crippen MR) is 386 cm³/mol. The van der Waals surface area contributed by atoms with Crippen LogP contribution < -0.4 is 0 Å². The first-order valence-corrected chi connectivity index (χ1v) is 42.2. The molecule has 0 saturated heterocycles. The maximum atomic E-state index is 13.1. The lowest BCUT2D eigenvalue weighted by Gasteiger charge is -2.21. The van der Waals surface area contributed by atoms with Gasteiger partial charge in [0.15, 0.2) is 12.2 Å². The molecule has 17 nitrogen and oxygen atoms in total. The van der Waals surface area contributed by atoms with E-state index in [9.17, 15) is 43.2 Å². The van der Waals surface area contributed by atoms with Gasteiger partial charge in [-0.25, -0.2) is 9.13 Å². The third kappa shape index (κ3) is 70.3. The summed E-state index contributed by atoms with van der Waals surface area (Å²) in [6.07, 6.45) is 50.3. The van der Waals surface area contributed by atoms with Crippen LogP contribution in [-0.4, -0.2) is 96.7 Å². The van der Waals surface area contributed by atoms with Crippen molar-refractivity contribution in [3.05, 3.63) is 0 Å². The van der Waals surface area contributed by atoms with Crippen molar-refractivity contribution in [3.8, 4) is 0 Å². The Morgan fingerprint density at radius 2 is 0.442 bits per heavy atom. The molecule has 0 aromatic heterocycles. The summed E-state index contributed by atoms with van der Waals surface area (Å²) >= 11 is 0. The molecule has 0 aliphatic carbocycles. The fraction of sp³-hybridized carbons (Fsp3) is 0.947. The lowest BCUT2D eigenvalue weighted by atomic mass is 10.0. The number of ether oxygens (including phenoxy) is 4. The fourth-order valence-corrected chi connectivity index (χ4v) is 13.1. The van der Waals surface area contributed by atoms with Gasteiger partial charge < -0.3 is 33.8 Å². The zero-order valence-electron chi connectivity index (χ0n) is 62.3. The van der Waals surface area contributed by atoms with Crippen LogP contribution in [0, 0.1) is 23.7 Å². The number of carbonyl (C=O) groups excluding carboxylic acids is 4. The van der Waals surface area contributed by atoms with Gasteiger partial charge in [-0.05, 0) is 49.4 Å². The maximum Gasteiger partial charge on any atom is 0.472 e. The minimum absolute atomic E-state index is 0.106. The molecule has 0 aliphatic heterocycles. The van der Waals surface area contributed by atoms with E-state index in [0.717, 1.165) is 115 Å². The summed E-state index contributed by atoms with van der Waals surface area (Å²) in [6, 6.07) is 0. The molecule has 0 saturated carbocycles. The Balaban J connectivity index is 5.18. The molecule has 0 heterocycles. The number of phosphoric ester groups is 2. The Morgan fingerprint density at radius 1 is 0.263 bits per heavy atom. The number of phosphoric acid groups is 2. The van der Waals surface area contributed by atoms with Crippen molar-refractivity contribution in [1.29, 1.82) is 0 Å². The highest BCUT2D eigenvalue weighted by Crippen LogP contribution is 2.45. The van der Waals surface area contributed by atoms with Crippen molar-refractivity contribution in [3.63, 3.8) is 0 Å². The van der Waals surface area contributed by atoms with Crippen LogP contribution in [0.2, 0.25) is 0 Å². The van der Waals surface area contributed by atoms with E-state index in [-0.39, 0.29) is 25.7 Å². The second-order valence-corrected chi connectivity index (χ2v) is 32.2. The highest BCUT2D eigenvalue weighted by Gasteiger charge is 2.30. The number of carbonyl (C=O) groups is 4. The number of rotatable bonds is 73. The zero-order chi connectivity index (χ0) is 70.3. The van der Waals surface area contributed by atoms with Crippen LogP contribution in [0.1, 0.15) is 383 Å². The van der Waals surface area contributed by atoms with E-state index >= 15 is 0 Å². The Labute approximate surface area is 581 Å². The minimum Gasteiger partial charge on any atom is -0.462 e. The number of hydrogen-bond donors (Lipinski definition) is 3. The van der Waals surface area contributed by atoms with Gasteiger partial charge in [0.2, 0.25) is 0 Å². The molecule has 0 bridgehead atoms. The normalized spacial score (nSPS) is 14.1. The molecule has 0 aliphatic rings. The summed E-state index contributed by atoms with van der Waals surface area (Å²) in [7, 11) is -9.91. The summed E-state index contributed by atoms with van der Waals surface area (Å²) in [6.45, 7) is 14.1. The van der Waals surface area contributed by atoms with Gasteiger partial charge in [-0.1, -0.05) is 331 Å². The van der Waals surface area contributed by atoms with Crippen LogP contribution >= 0.6 is 15.6 Å². The Bertz CT molecular complexity index is 1870. The summed E-state index contributed by atoms with van der Waals surface area (Å²) in [5, 5.41) is 10.6. The number of hydrogen-bond acceptors (Lipinski definition) is 15. The molecule has 0 spiro atoms. The fourth-order valence-electron chi connectivity index (χ4n) is 11.6. The highest BCUT2D eigenvalue weighted by atomic mass is 31.2. The zero-order valence-corrected chi connectivity index (χ0v) is 64.1. The Morgan fingerprint density at radius 3 is 0.653 bits per heavy atom. The van der Waals surface area contributed by atoms with E-state index in [2.05, 4.69) is 55.4 Å². The quantitative estimate of drug-likeness (QED) is 0.0222.